The number of carbonyl (C=O) groups is 1. The highest BCUT2D eigenvalue weighted by Gasteiger charge is 2.10. The fourth-order valence-corrected chi connectivity index (χ4v) is 1.76. The van der Waals surface area contributed by atoms with Gasteiger partial charge in [0.05, 0.1) is 17.2 Å². The van der Waals surface area contributed by atoms with Crippen molar-refractivity contribution in [1.29, 1.82) is 5.26 Å². The van der Waals surface area contributed by atoms with Gasteiger partial charge in [0.25, 0.3) is 5.91 Å². The molecule has 0 saturated heterocycles. The number of amides is 1. The summed E-state index contributed by atoms with van der Waals surface area (Å²) in [6.45, 7) is 1.79. The number of aryl methyl sites for hydroxylation is 1. The molecule has 0 aliphatic rings. The molecule has 0 unspecified atom stereocenters. The van der Waals surface area contributed by atoms with Crippen molar-refractivity contribution >= 4 is 5.91 Å². The summed E-state index contributed by atoms with van der Waals surface area (Å²) in [7, 11) is 0. The molecule has 1 amide bonds. The van der Waals surface area contributed by atoms with Crippen LogP contribution < -0.4 is 5.32 Å². The fourth-order valence-electron chi connectivity index (χ4n) is 1.76. The first-order valence-electron chi connectivity index (χ1n) is 6.00. The molecule has 2 rings (SSSR count). The summed E-state index contributed by atoms with van der Waals surface area (Å²) < 4.78 is 13.7. The fraction of sp³-hybridized carbons (Fsp3) is 0.133. The van der Waals surface area contributed by atoms with Crippen molar-refractivity contribution in [3.63, 3.8) is 0 Å². The lowest BCUT2D eigenvalue weighted by atomic mass is 10.1. The summed E-state index contributed by atoms with van der Waals surface area (Å²) in [5, 5.41) is 11.3. The molecule has 5 heteroatoms. The largest absolute Gasteiger partial charge is 0.348 e. The van der Waals surface area contributed by atoms with Gasteiger partial charge in [0.15, 0.2) is 0 Å². The summed E-state index contributed by atoms with van der Waals surface area (Å²) in [5.74, 6) is -0.813. The van der Waals surface area contributed by atoms with Gasteiger partial charge in [-0.2, -0.15) is 5.26 Å². The van der Waals surface area contributed by atoms with Crippen LogP contribution in [0.1, 0.15) is 27.2 Å². The van der Waals surface area contributed by atoms with Crippen LogP contribution in [0.3, 0.4) is 0 Å². The maximum absolute atomic E-state index is 13.7. The number of aromatic nitrogens is 1. The number of nitrogens with zero attached hydrogens (tertiary/aromatic N) is 2. The first-order chi connectivity index (χ1) is 9.61. The molecule has 0 atom stereocenters. The molecule has 0 aliphatic carbocycles. The monoisotopic (exact) mass is 269 g/mol. The van der Waals surface area contributed by atoms with Gasteiger partial charge >= 0.3 is 0 Å². The minimum atomic E-state index is -0.507. The van der Waals surface area contributed by atoms with Crippen molar-refractivity contribution in [2.24, 2.45) is 0 Å². The molecule has 2 aromatic rings. The number of hydrogen-bond acceptors (Lipinski definition) is 3. The Labute approximate surface area is 115 Å². The van der Waals surface area contributed by atoms with Crippen LogP contribution in [0.2, 0.25) is 0 Å². The van der Waals surface area contributed by atoms with Crippen LogP contribution in [0.25, 0.3) is 0 Å². The van der Waals surface area contributed by atoms with Gasteiger partial charge in [0.1, 0.15) is 5.82 Å². The Hall–Kier alpha value is -2.74. The second kappa shape index (κ2) is 5.93. The average Bonchev–Trinajstić information content (AvgIpc) is 2.46. The lowest BCUT2D eigenvalue weighted by Gasteiger charge is -2.08. The van der Waals surface area contributed by atoms with Crippen LogP contribution in [0.5, 0.6) is 0 Å². The standard InChI is InChI=1S/C15H12FN3O/c1-10-13(3-2-6-18-10)15(20)19-9-12-5-4-11(8-17)7-14(12)16/h2-7H,9H2,1H3,(H,19,20). The summed E-state index contributed by atoms with van der Waals surface area (Å²) in [5.41, 5.74) is 1.66. The van der Waals surface area contributed by atoms with E-state index in [1.54, 1.807) is 25.3 Å². The number of carbonyl (C=O) groups excluding carboxylic acids is 1. The molecule has 0 fully saturated rings. The minimum absolute atomic E-state index is 0.0602. The number of pyridine rings is 1. The van der Waals surface area contributed by atoms with Crippen molar-refractivity contribution in [3.05, 3.63) is 64.7 Å². The Balaban J connectivity index is 2.08. The number of nitrogens with one attached hydrogen (secondary N) is 1. The van der Waals surface area contributed by atoms with E-state index in [2.05, 4.69) is 10.3 Å². The van der Waals surface area contributed by atoms with Crippen LogP contribution in [0, 0.1) is 24.1 Å². The zero-order valence-electron chi connectivity index (χ0n) is 10.9. The molecule has 4 nitrogen and oxygen atoms in total. The minimum Gasteiger partial charge on any atom is -0.348 e. The lowest BCUT2D eigenvalue weighted by Crippen LogP contribution is -2.24. The Bertz CT molecular complexity index is 692. The van der Waals surface area contributed by atoms with E-state index in [0.29, 0.717) is 16.8 Å². The highest BCUT2D eigenvalue weighted by molar-refractivity contribution is 5.95. The molecule has 0 aliphatic heterocycles. The van der Waals surface area contributed by atoms with E-state index in [-0.39, 0.29) is 18.0 Å². The molecule has 0 radical (unpaired) electrons. The molecule has 1 aromatic carbocycles. The summed E-state index contributed by atoms with van der Waals surface area (Å²) in [6.07, 6.45) is 1.60. The SMILES string of the molecule is Cc1ncccc1C(=O)NCc1ccc(C#N)cc1F. The quantitative estimate of drug-likeness (QED) is 0.930. The highest BCUT2D eigenvalue weighted by Crippen LogP contribution is 2.10. The van der Waals surface area contributed by atoms with E-state index in [9.17, 15) is 9.18 Å². The van der Waals surface area contributed by atoms with Crippen molar-refractivity contribution in [3.8, 4) is 6.07 Å². The number of nitriles is 1. The molecule has 0 saturated carbocycles. The van der Waals surface area contributed by atoms with E-state index < -0.39 is 5.82 Å². The third-order valence-electron chi connectivity index (χ3n) is 2.87. The number of rotatable bonds is 3. The molecule has 20 heavy (non-hydrogen) atoms. The van der Waals surface area contributed by atoms with Crippen molar-refractivity contribution in [2.45, 2.75) is 13.5 Å². The predicted molar refractivity (Wildman–Crippen MR) is 71.3 cm³/mol. The Morgan fingerprint density at radius 3 is 2.90 bits per heavy atom. The van der Waals surface area contributed by atoms with Gasteiger partial charge in [0, 0.05) is 24.0 Å². The van der Waals surface area contributed by atoms with Gasteiger partial charge in [0.2, 0.25) is 0 Å². The molecule has 1 N–H and O–H groups in total. The molecule has 1 heterocycles. The average molecular weight is 269 g/mol. The normalized spacial score (nSPS) is 9.85. The summed E-state index contributed by atoms with van der Waals surface area (Å²) in [4.78, 5) is 16.0. The zero-order chi connectivity index (χ0) is 14.5. The van der Waals surface area contributed by atoms with Gasteiger partial charge in [-0.1, -0.05) is 6.07 Å². The van der Waals surface area contributed by atoms with E-state index in [1.807, 2.05) is 6.07 Å². The number of benzene rings is 1. The highest BCUT2D eigenvalue weighted by atomic mass is 19.1. The molecule has 100 valence electrons. The van der Waals surface area contributed by atoms with Crippen LogP contribution in [-0.2, 0) is 6.54 Å². The van der Waals surface area contributed by atoms with Crippen LogP contribution in [0.15, 0.2) is 36.5 Å². The Morgan fingerprint density at radius 2 is 2.25 bits per heavy atom. The first kappa shape index (κ1) is 13.7. The third kappa shape index (κ3) is 2.98. The van der Waals surface area contributed by atoms with Gasteiger partial charge in [-0.15, -0.1) is 0 Å². The van der Waals surface area contributed by atoms with Gasteiger partial charge in [-0.3, -0.25) is 9.78 Å². The maximum atomic E-state index is 13.7. The number of halogens is 1. The smallest absolute Gasteiger partial charge is 0.253 e. The van der Waals surface area contributed by atoms with E-state index in [0.717, 1.165) is 6.07 Å². The first-order valence-corrected chi connectivity index (χ1v) is 6.00. The van der Waals surface area contributed by atoms with Crippen molar-refractivity contribution in [2.75, 3.05) is 0 Å². The molecule has 0 bridgehead atoms. The zero-order valence-corrected chi connectivity index (χ0v) is 10.9. The Kier molecular flexibility index (Phi) is 4.06. The van der Waals surface area contributed by atoms with E-state index in [1.165, 1.54) is 12.1 Å². The summed E-state index contributed by atoms with van der Waals surface area (Å²) >= 11 is 0. The molecular weight excluding hydrogens is 257 g/mol. The summed E-state index contributed by atoms with van der Waals surface area (Å²) in [6, 6.07) is 9.34. The van der Waals surface area contributed by atoms with E-state index in [4.69, 9.17) is 5.26 Å². The van der Waals surface area contributed by atoms with Gasteiger partial charge in [-0.05, 0) is 31.2 Å². The Morgan fingerprint density at radius 1 is 1.45 bits per heavy atom. The van der Waals surface area contributed by atoms with Crippen LogP contribution in [-0.4, -0.2) is 10.9 Å². The lowest BCUT2D eigenvalue weighted by molar-refractivity contribution is 0.0949. The van der Waals surface area contributed by atoms with Crippen LogP contribution in [0.4, 0.5) is 4.39 Å². The van der Waals surface area contributed by atoms with E-state index >= 15 is 0 Å². The topological polar surface area (TPSA) is 65.8 Å². The molecular formula is C15H12FN3O. The van der Waals surface area contributed by atoms with Crippen molar-refractivity contribution < 1.29 is 9.18 Å². The predicted octanol–water partition coefficient (Wildman–Crippen LogP) is 2.33. The van der Waals surface area contributed by atoms with Gasteiger partial charge in [-0.25, -0.2) is 4.39 Å². The molecule has 0 spiro atoms. The second-order valence-electron chi connectivity index (χ2n) is 4.24. The van der Waals surface area contributed by atoms with Gasteiger partial charge < -0.3 is 5.32 Å². The third-order valence-corrected chi connectivity index (χ3v) is 2.87. The second-order valence-corrected chi connectivity index (χ2v) is 4.24. The maximum Gasteiger partial charge on any atom is 0.253 e. The van der Waals surface area contributed by atoms with Crippen LogP contribution >= 0.6 is 0 Å². The number of hydrogen-bond donors (Lipinski definition) is 1. The molecule has 1 aromatic heterocycles. The van der Waals surface area contributed by atoms with Crippen molar-refractivity contribution in [1.82, 2.24) is 10.3 Å².